The summed E-state index contributed by atoms with van der Waals surface area (Å²) in [5, 5.41) is 8.91. The summed E-state index contributed by atoms with van der Waals surface area (Å²) in [6, 6.07) is 1.79. The second kappa shape index (κ2) is 5.83. The van der Waals surface area contributed by atoms with Crippen LogP contribution >= 0.6 is 0 Å². The van der Waals surface area contributed by atoms with Crippen LogP contribution in [0.25, 0.3) is 0 Å². The molecular weight excluding hydrogens is 362 g/mol. The van der Waals surface area contributed by atoms with E-state index in [2.05, 4.69) is 19.6 Å². The van der Waals surface area contributed by atoms with Crippen molar-refractivity contribution in [3.05, 3.63) is 24.2 Å². The summed E-state index contributed by atoms with van der Waals surface area (Å²) in [5.41, 5.74) is 0.603. The van der Waals surface area contributed by atoms with Gasteiger partial charge in [0.25, 0.3) is 10.0 Å². The number of nitrogens with one attached hydrogen (secondary N) is 1. The Balaban J connectivity index is 1.40. The Kier molecular flexibility index (Phi) is 3.73. The van der Waals surface area contributed by atoms with E-state index in [0.717, 1.165) is 17.8 Å². The van der Waals surface area contributed by atoms with Gasteiger partial charge in [-0.3, -0.25) is 14.1 Å². The number of aromatic nitrogens is 4. The fourth-order valence-corrected chi connectivity index (χ4v) is 7.29. The van der Waals surface area contributed by atoms with E-state index in [1.165, 1.54) is 38.5 Å². The largest absolute Gasteiger partial charge is 0.271 e. The van der Waals surface area contributed by atoms with Crippen molar-refractivity contribution in [2.45, 2.75) is 69.4 Å². The maximum absolute atomic E-state index is 12.8. The lowest BCUT2D eigenvalue weighted by molar-refractivity contribution is -0.0492. The van der Waals surface area contributed by atoms with Gasteiger partial charge in [-0.1, -0.05) is 0 Å². The maximum atomic E-state index is 12.8. The molecule has 4 aliphatic carbocycles. The molecule has 146 valence electrons. The minimum absolute atomic E-state index is 0.0987. The van der Waals surface area contributed by atoms with Crippen LogP contribution in [0.4, 0.5) is 5.82 Å². The van der Waals surface area contributed by atoms with Crippen LogP contribution in [0.2, 0.25) is 0 Å². The number of anilines is 1. The second-order valence-electron chi connectivity index (χ2n) is 8.83. The Labute approximate surface area is 160 Å². The fourth-order valence-electron chi connectivity index (χ4n) is 6.11. The number of hydrogen-bond acceptors (Lipinski definition) is 4. The summed E-state index contributed by atoms with van der Waals surface area (Å²) in [6.45, 7) is 4.29. The van der Waals surface area contributed by atoms with Crippen molar-refractivity contribution in [3.8, 4) is 0 Å². The van der Waals surface area contributed by atoms with Gasteiger partial charge in [0.1, 0.15) is 4.90 Å². The van der Waals surface area contributed by atoms with Gasteiger partial charge in [0.15, 0.2) is 5.82 Å². The zero-order valence-electron chi connectivity index (χ0n) is 15.9. The SMILES string of the molecule is CCn1cc(S(=O)(=O)Nc2ccn(C34CC5CC(CC(C5)C3)C4)n2)c(C)n1. The Morgan fingerprint density at radius 3 is 2.33 bits per heavy atom. The van der Waals surface area contributed by atoms with Crippen molar-refractivity contribution in [2.24, 2.45) is 17.8 Å². The summed E-state index contributed by atoms with van der Waals surface area (Å²) in [5.74, 6) is 2.86. The smallest absolute Gasteiger partial charge is 0.266 e. The minimum Gasteiger partial charge on any atom is -0.271 e. The Bertz CT molecular complexity index is 939. The van der Waals surface area contributed by atoms with Gasteiger partial charge in [0.05, 0.1) is 11.2 Å². The van der Waals surface area contributed by atoms with Gasteiger partial charge in [-0.2, -0.15) is 10.2 Å². The van der Waals surface area contributed by atoms with Crippen LogP contribution in [-0.2, 0) is 22.1 Å². The molecule has 0 spiro atoms. The van der Waals surface area contributed by atoms with Crippen LogP contribution in [0.1, 0.15) is 51.1 Å². The highest BCUT2D eigenvalue weighted by Crippen LogP contribution is 2.58. The molecule has 4 fully saturated rings. The molecule has 7 nitrogen and oxygen atoms in total. The van der Waals surface area contributed by atoms with E-state index >= 15 is 0 Å². The van der Waals surface area contributed by atoms with Crippen molar-refractivity contribution < 1.29 is 8.42 Å². The third-order valence-electron chi connectivity index (χ3n) is 6.83. The van der Waals surface area contributed by atoms with Gasteiger partial charge in [-0.05, 0) is 70.1 Å². The molecule has 4 bridgehead atoms. The van der Waals surface area contributed by atoms with E-state index in [9.17, 15) is 8.42 Å². The predicted octanol–water partition coefficient (Wildman–Crippen LogP) is 3.13. The number of sulfonamides is 1. The summed E-state index contributed by atoms with van der Waals surface area (Å²) in [6.07, 6.45) is 11.2. The standard InChI is InChI=1S/C19H27N5O2S/c1-3-23-12-17(13(2)20-23)27(25,26)22-18-4-5-24(21-18)19-9-14-6-15(10-19)8-16(7-14)11-19/h4-5,12,14-16H,3,6-11H2,1-2H3,(H,21,22). The van der Waals surface area contributed by atoms with Gasteiger partial charge in [-0.25, -0.2) is 8.42 Å². The molecule has 4 saturated carbocycles. The zero-order valence-corrected chi connectivity index (χ0v) is 16.7. The van der Waals surface area contributed by atoms with E-state index in [0.29, 0.717) is 18.1 Å². The lowest BCUT2D eigenvalue weighted by Gasteiger charge is -2.56. The van der Waals surface area contributed by atoms with Crippen LogP contribution < -0.4 is 4.72 Å². The van der Waals surface area contributed by atoms with Crippen molar-refractivity contribution in [1.82, 2.24) is 19.6 Å². The van der Waals surface area contributed by atoms with Gasteiger partial charge in [0.2, 0.25) is 0 Å². The Morgan fingerprint density at radius 2 is 1.78 bits per heavy atom. The molecule has 0 aromatic carbocycles. The van der Waals surface area contributed by atoms with Crippen LogP contribution in [-0.4, -0.2) is 28.0 Å². The minimum atomic E-state index is -3.69. The summed E-state index contributed by atoms with van der Waals surface area (Å²) >= 11 is 0. The highest BCUT2D eigenvalue weighted by atomic mass is 32.2. The molecule has 0 aliphatic heterocycles. The van der Waals surface area contributed by atoms with Crippen molar-refractivity contribution in [3.63, 3.8) is 0 Å². The van der Waals surface area contributed by atoms with E-state index < -0.39 is 10.0 Å². The average Bonchev–Trinajstić information content (AvgIpc) is 3.20. The summed E-state index contributed by atoms with van der Waals surface area (Å²) < 4.78 is 31.9. The normalized spacial score (nSPS) is 32.1. The third-order valence-corrected chi connectivity index (χ3v) is 8.29. The molecule has 4 aliphatic rings. The van der Waals surface area contributed by atoms with Crippen molar-refractivity contribution >= 4 is 15.8 Å². The van der Waals surface area contributed by atoms with E-state index in [4.69, 9.17) is 0 Å². The molecule has 0 amide bonds. The fraction of sp³-hybridized carbons (Fsp3) is 0.684. The molecule has 1 N–H and O–H groups in total. The topological polar surface area (TPSA) is 81.8 Å². The molecular formula is C19H27N5O2S. The number of nitrogens with zero attached hydrogens (tertiary/aromatic N) is 4. The molecule has 8 heteroatoms. The Hall–Kier alpha value is -1.83. The molecule has 0 radical (unpaired) electrons. The maximum Gasteiger partial charge on any atom is 0.266 e. The van der Waals surface area contributed by atoms with Crippen LogP contribution in [0.3, 0.4) is 0 Å². The van der Waals surface area contributed by atoms with E-state index in [-0.39, 0.29) is 10.4 Å². The van der Waals surface area contributed by atoms with Crippen LogP contribution in [0.15, 0.2) is 23.4 Å². The van der Waals surface area contributed by atoms with E-state index in [1.54, 1.807) is 23.9 Å². The number of rotatable bonds is 5. The lowest BCUT2D eigenvalue weighted by atomic mass is 9.53. The first kappa shape index (κ1) is 17.3. The van der Waals surface area contributed by atoms with E-state index in [1.807, 2.05) is 13.1 Å². The summed E-state index contributed by atoms with van der Waals surface area (Å²) in [7, 11) is -3.69. The van der Waals surface area contributed by atoms with Gasteiger partial charge in [-0.15, -0.1) is 0 Å². The average molecular weight is 390 g/mol. The predicted molar refractivity (Wildman–Crippen MR) is 102 cm³/mol. The van der Waals surface area contributed by atoms with Gasteiger partial charge < -0.3 is 0 Å². The first-order valence-corrected chi connectivity index (χ1v) is 11.5. The molecule has 0 unspecified atom stereocenters. The van der Waals surface area contributed by atoms with Gasteiger partial charge in [0, 0.05) is 25.0 Å². The third kappa shape index (κ3) is 2.80. The highest BCUT2D eigenvalue weighted by molar-refractivity contribution is 7.92. The number of hydrogen-bond donors (Lipinski definition) is 1. The van der Waals surface area contributed by atoms with Gasteiger partial charge >= 0.3 is 0 Å². The lowest BCUT2D eigenvalue weighted by Crippen LogP contribution is -2.52. The quantitative estimate of drug-likeness (QED) is 0.852. The first-order valence-electron chi connectivity index (χ1n) is 10.00. The number of aryl methyl sites for hydroxylation is 2. The molecule has 27 heavy (non-hydrogen) atoms. The first-order chi connectivity index (χ1) is 12.9. The highest BCUT2D eigenvalue weighted by Gasteiger charge is 2.52. The molecule has 2 aromatic heterocycles. The summed E-state index contributed by atoms with van der Waals surface area (Å²) in [4.78, 5) is 0.216. The molecule has 2 aromatic rings. The second-order valence-corrected chi connectivity index (χ2v) is 10.5. The zero-order chi connectivity index (χ0) is 18.8. The monoisotopic (exact) mass is 389 g/mol. The molecule has 6 rings (SSSR count). The van der Waals surface area contributed by atoms with Crippen molar-refractivity contribution in [1.29, 1.82) is 0 Å². The molecule has 0 atom stereocenters. The van der Waals surface area contributed by atoms with Crippen LogP contribution in [0.5, 0.6) is 0 Å². The van der Waals surface area contributed by atoms with Crippen molar-refractivity contribution in [2.75, 3.05) is 4.72 Å². The van der Waals surface area contributed by atoms with Crippen LogP contribution in [0, 0.1) is 24.7 Å². The molecule has 2 heterocycles. The Morgan fingerprint density at radius 1 is 1.15 bits per heavy atom. The molecule has 0 saturated heterocycles.